The minimum Gasteiger partial charge on any atom is -0.444 e. The molecule has 33 heavy (non-hydrogen) atoms. The van der Waals surface area contributed by atoms with E-state index in [4.69, 9.17) is 14.4 Å². The highest BCUT2D eigenvalue weighted by Crippen LogP contribution is 2.21. The summed E-state index contributed by atoms with van der Waals surface area (Å²) in [5, 5.41) is 7.86. The number of amides is 1. The lowest BCUT2D eigenvalue weighted by atomic mass is 9.99. The number of aromatic nitrogens is 3. The fourth-order valence-corrected chi connectivity index (χ4v) is 3.41. The Morgan fingerprint density at radius 3 is 2.70 bits per heavy atom. The van der Waals surface area contributed by atoms with Gasteiger partial charge in [0, 0.05) is 6.54 Å². The number of benzene rings is 1. The van der Waals surface area contributed by atoms with Crippen LogP contribution in [0.4, 0.5) is 4.79 Å². The van der Waals surface area contributed by atoms with E-state index in [1.807, 2.05) is 0 Å². The van der Waals surface area contributed by atoms with Gasteiger partial charge in [-0.2, -0.15) is 5.48 Å². The molecule has 0 aliphatic carbocycles. The molecule has 2 atom stereocenters. The van der Waals surface area contributed by atoms with Gasteiger partial charge in [-0.15, -0.1) is 5.10 Å². The number of hydrogen-bond donors (Lipinski definition) is 1. The van der Waals surface area contributed by atoms with Crippen LogP contribution in [-0.4, -0.2) is 63.0 Å². The molecule has 1 saturated heterocycles. The first-order valence-electron chi connectivity index (χ1n) is 11.1. The van der Waals surface area contributed by atoms with Gasteiger partial charge in [0.1, 0.15) is 17.2 Å². The highest BCUT2D eigenvalue weighted by atomic mass is 16.7. The quantitative estimate of drug-likeness (QED) is 0.373. The largest absolute Gasteiger partial charge is 0.444 e. The van der Waals surface area contributed by atoms with Gasteiger partial charge >= 0.3 is 17.6 Å². The summed E-state index contributed by atoms with van der Waals surface area (Å²) in [6.45, 7) is 8.03. The summed E-state index contributed by atoms with van der Waals surface area (Å²) in [6.07, 6.45) is 2.11. The molecule has 1 fully saturated rings. The Kier molecular flexibility index (Phi) is 7.98. The number of carbonyl (C=O) groups excluding carboxylic acids is 2. The first-order chi connectivity index (χ1) is 15.7. The lowest BCUT2D eigenvalue weighted by Gasteiger charge is -2.38. The van der Waals surface area contributed by atoms with E-state index >= 15 is 0 Å². The normalized spacial score (nSPS) is 18.8. The monoisotopic (exact) mass is 461 g/mol. The maximum Gasteiger partial charge on any atom is 0.411 e. The second-order valence-electron chi connectivity index (χ2n) is 8.94. The van der Waals surface area contributed by atoms with Crippen LogP contribution >= 0.6 is 0 Å². The Balaban J connectivity index is 1.75. The first-order valence-corrected chi connectivity index (χ1v) is 11.1. The maximum atomic E-state index is 13.0. The Labute approximate surface area is 191 Å². The number of nitrogens with one attached hydrogen (secondary N) is 1. The Morgan fingerprint density at radius 2 is 1.97 bits per heavy atom. The number of rotatable bonds is 7. The summed E-state index contributed by atoms with van der Waals surface area (Å²) in [4.78, 5) is 51.1. The van der Waals surface area contributed by atoms with Crippen LogP contribution in [0.15, 0.2) is 29.1 Å². The van der Waals surface area contributed by atoms with E-state index in [1.54, 1.807) is 45.0 Å². The fourth-order valence-electron chi connectivity index (χ4n) is 3.41. The molecule has 11 heteroatoms. The first kappa shape index (κ1) is 24.6. The molecule has 1 aromatic carbocycles. The molecule has 0 unspecified atom stereocenters. The van der Waals surface area contributed by atoms with E-state index in [9.17, 15) is 14.4 Å². The van der Waals surface area contributed by atoms with Gasteiger partial charge < -0.3 is 14.4 Å². The highest BCUT2D eigenvalue weighted by Gasteiger charge is 2.40. The molecule has 2 aromatic rings. The standard InChI is InChI=1S/C22H31N5O6/c1-5-6-13-31-24-15-11-12-18(26(14-15)21(30)32-22(2,3)4)20(29)33-27-19(28)16-9-7-8-10-17(16)23-25-27/h7-10,15,18,24H,5-6,11-14H2,1-4H3/t15-,18+/m1/s1. The van der Waals surface area contributed by atoms with Crippen molar-refractivity contribution in [1.82, 2.24) is 25.5 Å². The topological polar surface area (TPSA) is 125 Å². The van der Waals surface area contributed by atoms with E-state index in [0.29, 0.717) is 29.8 Å². The summed E-state index contributed by atoms with van der Waals surface area (Å²) < 4.78 is 5.49. The van der Waals surface area contributed by atoms with Crippen LogP contribution in [0.25, 0.3) is 10.9 Å². The van der Waals surface area contributed by atoms with Crippen molar-refractivity contribution in [2.75, 3.05) is 13.2 Å². The molecule has 11 nitrogen and oxygen atoms in total. The van der Waals surface area contributed by atoms with Crippen molar-refractivity contribution in [2.45, 2.75) is 71.1 Å². The van der Waals surface area contributed by atoms with Crippen molar-refractivity contribution in [2.24, 2.45) is 0 Å². The van der Waals surface area contributed by atoms with Crippen molar-refractivity contribution in [1.29, 1.82) is 0 Å². The minimum absolute atomic E-state index is 0.179. The van der Waals surface area contributed by atoms with Crippen LogP contribution in [0.3, 0.4) is 0 Å². The van der Waals surface area contributed by atoms with Crippen LogP contribution in [0.2, 0.25) is 0 Å². The van der Waals surface area contributed by atoms with Gasteiger partial charge in [-0.3, -0.25) is 9.69 Å². The summed E-state index contributed by atoms with van der Waals surface area (Å²) >= 11 is 0. The van der Waals surface area contributed by atoms with Crippen LogP contribution < -0.4 is 15.9 Å². The van der Waals surface area contributed by atoms with Crippen LogP contribution in [-0.2, 0) is 14.4 Å². The molecule has 3 rings (SSSR count). The van der Waals surface area contributed by atoms with Gasteiger partial charge in [-0.1, -0.05) is 25.5 Å². The van der Waals surface area contributed by atoms with E-state index in [1.165, 1.54) is 4.90 Å². The van der Waals surface area contributed by atoms with E-state index in [-0.39, 0.29) is 18.0 Å². The zero-order valence-corrected chi connectivity index (χ0v) is 19.4. The van der Waals surface area contributed by atoms with Gasteiger partial charge in [0.25, 0.3) is 0 Å². The number of nitrogens with zero attached hydrogens (tertiary/aromatic N) is 4. The average Bonchev–Trinajstić information content (AvgIpc) is 2.77. The van der Waals surface area contributed by atoms with Gasteiger partial charge in [0.15, 0.2) is 0 Å². The minimum atomic E-state index is -0.950. The zero-order chi connectivity index (χ0) is 24.0. The molecule has 0 radical (unpaired) electrons. The number of hydrogen-bond acceptors (Lipinski definition) is 9. The number of likely N-dealkylation sites (tertiary alicyclic amines) is 1. The van der Waals surface area contributed by atoms with E-state index in [2.05, 4.69) is 22.7 Å². The number of piperidine rings is 1. The summed E-state index contributed by atoms with van der Waals surface area (Å²) in [6, 6.07) is 5.48. The molecule has 0 spiro atoms. The lowest BCUT2D eigenvalue weighted by molar-refractivity contribution is -0.155. The molecule has 1 amide bonds. The van der Waals surface area contributed by atoms with Crippen molar-refractivity contribution >= 4 is 23.0 Å². The number of fused-ring (bicyclic) bond motifs is 1. The van der Waals surface area contributed by atoms with Gasteiger partial charge in [0.05, 0.1) is 18.0 Å². The van der Waals surface area contributed by atoms with Crippen LogP contribution in [0.5, 0.6) is 0 Å². The Hall–Kier alpha value is -3.05. The number of unbranched alkanes of at least 4 members (excludes halogenated alkanes) is 1. The molecular formula is C22H31N5O6. The molecule has 180 valence electrons. The van der Waals surface area contributed by atoms with E-state index in [0.717, 1.165) is 12.8 Å². The van der Waals surface area contributed by atoms with Gasteiger partial charge in [-0.25, -0.2) is 9.59 Å². The maximum absolute atomic E-state index is 13.0. The highest BCUT2D eigenvalue weighted by molar-refractivity contribution is 5.82. The predicted molar refractivity (Wildman–Crippen MR) is 119 cm³/mol. The van der Waals surface area contributed by atoms with E-state index < -0.39 is 29.3 Å². The third-order valence-electron chi connectivity index (χ3n) is 5.05. The summed E-state index contributed by atoms with van der Waals surface area (Å²) in [5.41, 5.74) is 1.99. The molecule has 0 saturated carbocycles. The van der Waals surface area contributed by atoms with Gasteiger partial charge in [-0.05, 0) is 62.2 Å². The van der Waals surface area contributed by atoms with Crippen LogP contribution in [0.1, 0.15) is 53.4 Å². The third-order valence-corrected chi connectivity index (χ3v) is 5.05. The van der Waals surface area contributed by atoms with Crippen molar-refractivity contribution in [3.8, 4) is 0 Å². The van der Waals surface area contributed by atoms with Crippen molar-refractivity contribution in [3.63, 3.8) is 0 Å². The van der Waals surface area contributed by atoms with Gasteiger partial charge in [0.2, 0.25) is 0 Å². The Bertz CT molecular complexity index is 1030. The Morgan fingerprint density at radius 1 is 1.21 bits per heavy atom. The molecular weight excluding hydrogens is 430 g/mol. The number of ether oxygens (including phenoxy) is 1. The molecule has 2 heterocycles. The fraction of sp³-hybridized carbons (Fsp3) is 0.591. The molecule has 1 aliphatic rings. The predicted octanol–water partition coefficient (Wildman–Crippen LogP) is 1.84. The lowest BCUT2D eigenvalue weighted by Crippen LogP contribution is -2.58. The number of carbonyl (C=O) groups is 2. The SMILES string of the molecule is CCCCON[C@@H]1CC[C@@H](C(=O)On2nnc3ccccc3c2=O)N(C(=O)OC(C)(C)C)C1. The molecule has 0 bridgehead atoms. The molecule has 1 aromatic heterocycles. The second-order valence-corrected chi connectivity index (χ2v) is 8.94. The van der Waals surface area contributed by atoms with Crippen molar-refractivity contribution in [3.05, 3.63) is 34.6 Å². The third kappa shape index (κ3) is 6.48. The second kappa shape index (κ2) is 10.7. The van der Waals surface area contributed by atoms with Crippen molar-refractivity contribution < 1.29 is 24.0 Å². The average molecular weight is 462 g/mol. The molecule has 1 N–H and O–H groups in total. The van der Waals surface area contributed by atoms with Crippen LogP contribution in [0, 0.1) is 0 Å². The number of hydroxylamine groups is 1. The zero-order valence-electron chi connectivity index (χ0n) is 19.4. The molecule has 1 aliphatic heterocycles. The summed E-state index contributed by atoms with van der Waals surface area (Å²) in [7, 11) is 0. The summed E-state index contributed by atoms with van der Waals surface area (Å²) in [5.74, 6) is -0.794. The smallest absolute Gasteiger partial charge is 0.411 e.